The van der Waals surface area contributed by atoms with E-state index >= 15 is 0 Å². The van der Waals surface area contributed by atoms with E-state index < -0.39 is 11.1 Å². The first-order valence-corrected chi connectivity index (χ1v) is 8.23. The molecule has 23 heavy (non-hydrogen) atoms. The average Bonchev–Trinajstić information content (AvgIpc) is 3.20. The highest BCUT2D eigenvalue weighted by atomic mass is 32.1. The monoisotopic (exact) mass is 341 g/mol. The van der Waals surface area contributed by atoms with Gasteiger partial charge >= 0.3 is 6.18 Å². The lowest BCUT2D eigenvalue weighted by molar-refractivity contribution is -0.134. The third-order valence-electron chi connectivity index (χ3n) is 4.53. The number of pyridine rings is 1. The quantitative estimate of drug-likeness (QED) is 0.913. The largest absolute Gasteiger partial charge is 0.425 e. The number of fused-ring (bicyclic) bond motifs is 3. The summed E-state index contributed by atoms with van der Waals surface area (Å²) in [4.78, 5) is 17.9. The van der Waals surface area contributed by atoms with Gasteiger partial charge in [0.25, 0.3) is 5.91 Å². The maximum atomic E-state index is 12.7. The average molecular weight is 341 g/mol. The Balaban J connectivity index is 1.55. The molecule has 2 bridgehead atoms. The first-order chi connectivity index (χ1) is 10.9. The zero-order valence-electron chi connectivity index (χ0n) is 12.1. The highest BCUT2D eigenvalue weighted by molar-refractivity contribution is 7.19. The molecular formula is C15H14F3N3OS. The van der Waals surface area contributed by atoms with Crippen molar-refractivity contribution in [2.75, 3.05) is 13.1 Å². The third kappa shape index (κ3) is 2.70. The SMILES string of the molecule is O=C(NC1CC2CCN1C2)c1cc2sc(C(F)(F)F)cc2cn1. The number of rotatable bonds is 2. The van der Waals surface area contributed by atoms with Gasteiger partial charge < -0.3 is 5.32 Å². The van der Waals surface area contributed by atoms with Gasteiger partial charge in [0.1, 0.15) is 10.6 Å². The summed E-state index contributed by atoms with van der Waals surface area (Å²) in [6.45, 7) is 2.00. The van der Waals surface area contributed by atoms with E-state index in [4.69, 9.17) is 0 Å². The molecular weight excluding hydrogens is 327 g/mol. The maximum absolute atomic E-state index is 12.7. The Morgan fingerprint density at radius 1 is 1.39 bits per heavy atom. The van der Waals surface area contributed by atoms with Crippen molar-refractivity contribution in [3.8, 4) is 0 Å². The summed E-state index contributed by atoms with van der Waals surface area (Å²) in [5.74, 6) is 0.314. The topological polar surface area (TPSA) is 45.2 Å². The van der Waals surface area contributed by atoms with Crippen LogP contribution in [0.5, 0.6) is 0 Å². The summed E-state index contributed by atoms with van der Waals surface area (Å²) < 4.78 is 38.7. The van der Waals surface area contributed by atoms with Crippen molar-refractivity contribution in [3.05, 3.63) is 28.9 Å². The highest BCUT2D eigenvalue weighted by Crippen LogP contribution is 2.38. The zero-order valence-corrected chi connectivity index (χ0v) is 12.9. The predicted octanol–water partition coefficient (Wildman–Crippen LogP) is 3.10. The number of nitrogens with one attached hydrogen (secondary N) is 1. The number of nitrogens with zero attached hydrogens (tertiary/aromatic N) is 2. The smallest absolute Gasteiger partial charge is 0.335 e. The minimum absolute atomic E-state index is 0.0211. The molecule has 0 spiro atoms. The summed E-state index contributed by atoms with van der Waals surface area (Å²) in [7, 11) is 0. The van der Waals surface area contributed by atoms with Crippen molar-refractivity contribution in [1.82, 2.24) is 15.2 Å². The van der Waals surface area contributed by atoms with Crippen molar-refractivity contribution in [3.63, 3.8) is 0 Å². The molecule has 2 aromatic heterocycles. The van der Waals surface area contributed by atoms with E-state index in [1.165, 1.54) is 18.7 Å². The van der Waals surface area contributed by atoms with Gasteiger partial charge in [0.05, 0.1) is 6.17 Å². The number of carbonyl (C=O) groups is 1. The second-order valence-electron chi connectivity index (χ2n) is 6.09. The normalized spacial score (nSPS) is 26.8. The van der Waals surface area contributed by atoms with Crippen LogP contribution in [0.2, 0.25) is 0 Å². The van der Waals surface area contributed by atoms with E-state index in [-0.39, 0.29) is 17.8 Å². The number of carbonyl (C=O) groups excluding carboxylic acids is 1. The number of hydrogen-bond donors (Lipinski definition) is 1. The molecule has 0 saturated carbocycles. The van der Waals surface area contributed by atoms with Gasteiger partial charge in [0, 0.05) is 29.4 Å². The van der Waals surface area contributed by atoms with E-state index in [0.717, 1.165) is 25.6 Å². The van der Waals surface area contributed by atoms with Crippen LogP contribution in [0.15, 0.2) is 18.3 Å². The molecule has 2 aliphatic rings. The number of amides is 1. The second kappa shape index (κ2) is 5.17. The lowest BCUT2D eigenvalue weighted by Gasteiger charge is -2.25. The third-order valence-corrected chi connectivity index (χ3v) is 5.67. The van der Waals surface area contributed by atoms with Crippen molar-refractivity contribution < 1.29 is 18.0 Å². The Hall–Kier alpha value is -1.67. The molecule has 2 aliphatic heterocycles. The Morgan fingerprint density at radius 2 is 2.22 bits per heavy atom. The van der Waals surface area contributed by atoms with E-state index in [0.29, 0.717) is 27.3 Å². The van der Waals surface area contributed by atoms with Gasteiger partial charge in [0.2, 0.25) is 0 Å². The van der Waals surface area contributed by atoms with Crippen molar-refractivity contribution in [1.29, 1.82) is 0 Å². The van der Waals surface area contributed by atoms with Crippen LogP contribution < -0.4 is 5.32 Å². The van der Waals surface area contributed by atoms with Gasteiger partial charge in [0.15, 0.2) is 0 Å². The first-order valence-electron chi connectivity index (χ1n) is 7.42. The fourth-order valence-corrected chi connectivity index (χ4v) is 4.31. The summed E-state index contributed by atoms with van der Waals surface area (Å²) in [6.07, 6.45) is -0.913. The van der Waals surface area contributed by atoms with Crippen LogP contribution in [0.1, 0.15) is 28.2 Å². The number of thiophene rings is 1. The van der Waals surface area contributed by atoms with E-state index in [1.54, 1.807) is 0 Å². The summed E-state index contributed by atoms with van der Waals surface area (Å²) in [6, 6.07) is 2.50. The van der Waals surface area contributed by atoms with Crippen molar-refractivity contribution >= 4 is 27.3 Å². The lowest BCUT2D eigenvalue weighted by Crippen LogP contribution is -2.45. The van der Waals surface area contributed by atoms with Gasteiger partial charge in [-0.05, 0) is 30.9 Å². The second-order valence-corrected chi connectivity index (χ2v) is 7.17. The molecule has 0 radical (unpaired) electrons. The van der Waals surface area contributed by atoms with E-state index in [9.17, 15) is 18.0 Å². The van der Waals surface area contributed by atoms with Crippen molar-refractivity contribution in [2.45, 2.75) is 25.2 Å². The van der Waals surface area contributed by atoms with Crippen LogP contribution in [0.25, 0.3) is 10.1 Å². The summed E-state index contributed by atoms with van der Waals surface area (Å²) in [5, 5.41) is 3.34. The predicted molar refractivity (Wildman–Crippen MR) is 80.2 cm³/mol. The number of hydrogen-bond acceptors (Lipinski definition) is 4. The molecule has 8 heteroatoms. The number of halogens is 3. The molecule has 1 amide bonds. The Morgan fingerprint density at radius 3 is 2.87 bits per heavy atom. The molecule has 3 unspecified atom stereocenters. The first kappa shape index (κ1) is 14.9. The standard InChI is InChI=1S/C15H14F3N3OS/c16-15(17,18)12-4-9-6-19-10(5-11(9)23-12)14(22)20-13-3-8-1-2-21(13)7-8/h4-6,8,13H,1-3,7H2,(H,20,22). The van der Waals surface area contributed by atoms with Gasteiger partial charge in [-0.3, -0.25) is 14.7 Å². The van der Waals surface area contributed by atoms with Crippen LogP contribution in [0.4, 0.5) is 13.2 Å². The van der Waals surface area contributed by atoms with Crippen LogP contribution in [0.3, 0.4) is 0 Å². The minimum atomic E-state index is -4.37. The molecule has 2 fully saturated rings. The van der Waals surface area contributed by atoms with Crippen LogP contribution in [0, 0.1) is 5.92 Å². The molecule has 1 N–H and O–H groups in total. The summed E-state index contributed by atoms with van der Waals surface area (Å²) in [5.41, 5.74) is 0.164. The molecule has 4 heterocycles. The number of aromatic nitrogens is 1. The minimum Gasteiger partial charge on any atom is -0.335 e. The maximum Gasteiger partial charge on any atom is 0.425 e. The Kier molecular flexibility index (Phi) is 3.35. The lowest BCUT2D eigenvalue weighted by atomic mass is 10.0. The Labute approximate surface area is 134 Å². The summed E-state index contributed by atoms with van der Waals surface area (Å²) >= 11 is 0.635. The van der Waals surface area contributed by atoms with Gasteiger partial charge in [-0.1, -0.05) is 0 Å². The fourth-order valence-electron chi connectivity index (χ4n) is 3.38. The van der Waals surface area contributed by atoms with Gasteiger partial charge in [-0.25, -0.2) is 0 Å². The van der Waals surface area contributed by atoms with Crippen LogP contribution in [-0.2, 0) is 6.18 Å². The molecule has 0 aliphatic carbocycles. The fraction of sp³-hybridized carbons (Fsp3) is 0.467. The molecule has 122 valence electrons. The van der Waals surface area contributed by atoms with Crippen LogP contribution >= 0.6 is 11.3 Å². The number of alkyl halides is 3. The number of piperidine rings is 1. The van der Waals surface area contributed by atoms with E-state index in [1.807, 2.05) is 0 Å². The Bertz CT molecular complexity index is 773. The molecule has 2 saturated heterocycles. The highest BCUT2D eigenvalue weighted by Gasteiger charge is 2.38. The molecule has 3 atom stereocenters. The van der Waals surface area contributed by atoms with Gasteiger partial charge in [-0.15, -0.1) is 11.3 Å². The zero-order chi connectivity index (χ0) is 16.2. The molecule has 4 nitrogen and oxygen atoms in total. The molecule has 0 aromatic carbocycles. The van der Waals surface area contributed by atoms with Crippen LogP contribution in [-0.4, -0.2) is 35.0 Å². The van der Waals surface area contributed by atoms with Crippen molar-refractivity contribution in [2.24, 2.45) is 5.92 Å². The molecule has 4 rings (SSSR count). The molecule has 2 aromatic rings. The van der Waals surface area contributed by atoms with E-state index in [2.05, 4.69) is 15.2 Å². The van der Waals surface area contributed by atoms with Gasteiger partial charge in [-0.2, -0.15) is 13.2 Å².